The first-order valence-corrected chi connectivity index (χ1v) is 7.47. The number of likely N-dealkylation sites (N-methyl/N-ethyl adjacent to an activating group) is 1. The molecule has 1 rings (SSSR count). The highest BCUT2D eigenvalue weighted by atomic mass is 15.3. The molecule has 0 amide bonds. The molecular formula is C15H32N4. The van der Waals surface area contributed by atoms with Crippen LogP contribution in [0.2, 0.25) is 0 Å². The van der Waals surface area contributed by atoms with Crippen LogP contribution in [0.25, 0.3) is 0 Å². The summed E-state index contributed by atoms with van der Waals surface area (Å²) in [6.45, 7) is 17.6. The van der Waals surface area contributed by atoms with Gasteiger partial charge in [-0.2, -0.15) is 0 Å². The van der Waals surface area contributed by atoms with Gasteiger partial charge in [-0.3, -0.25) is 9.80 Å². The first-order chi connectivity index (χ1) is 8.97. The van der Waals surface area contributed by atoms with Crippen molar-refractivity contribution in [2.24, 2.45) is 0 Å². The lowest BCUT2D eigenvalue weighted by molar-refractivity contribution is 0.132. The summed E-state index contributed by atoms with van der Waals surface area (Å²) in [5.74, 6) is 0. The van der Waals surface area contributed by atoms with E-state index in [1.807, 2.05) is 0 Å². The standard InChI is InChI=1S/C15H32N4/c1-14(2)16-12-15(3)13-19-10-8-18(9-11-19)7-6-17(4)5/h14,16H,3,6-13H2,1-2,4-5H3. The maximum Gasteiger partial charge on any atom is 0.0203 e. The zero-order valence-electron chi connectivity index (χ0n) is 13.3. The Kier molecular flexibility index (Phi) is 7.61. The van der Waals surface area contributed by atoms with Gasteiger partial charge in [0.15, 0.2) is 0 Å². The molecule has 1 N–H and O–H groups in total. The Balaban J connectivity index is 2.14. The van der Waals surface area contributed by atoms with Crippen molar-refractivity contribution in [2.45, 2.75) is 19.9 Å². The zero-order valence-corrected chi connectivity index (χ0v) is 13.3. The van der Waals surface area contributed by atoms with Crippen LogP contribution in [0.5, 0.6) is 0 Å². The van der Waals surface area contributed by atoms with E-state index in [2.05, 4.69) is 54.5 Å². The number of piperazine rings is 1. The van der Waals surface area contributed by atoms with Crippen LogP contribution in [0.4, 0.5) is 0 Å². The van der Waals surface area contributed by atoms with Gasteiger partial charge in [0.05, 0.1) is 0 Å². The first kappa shape index (κ1) is 16.6. The SMILES string of the molecule is C=C(CNC(C)C)CN1CCN(CCN(C)C)CC1. The molecule has 1 saturated heterocycles. The zero-order chi connectivity index (χ0) is 14.3. The largest absolute Gasteiger partial charge is 0.311 e. The third-order valence-corrected chi connectivity index (χ3v) is 3.54. The fraction of sp³-hybridized carbons (Fsp3) is 0.867. The molecule has 0 spiro atoms. The molecule has 4 heteroatoms. The van der Waals surface area contributed by atoms with Gasteiger partial charge >= 0.3 is 0 Å². The number of nitrogens with zero attached hydrogens (tertiary/aromatic N) is 3. The molecule has 0 unspecified atom stereocenters. The minimum Gasteiger partial charge on any atom is -0.311 e. The molecule has 1 aliphatic rings. The second kappa shape index (κ2) is 8.69. The van der Waals surface area contributed by atoms with Crippen molar-refractivity contribution in [1.29, 1.82) is 0 Å². The Labute approximate surface area is 119 Å². The van der Waals surface area contributed by atoms with Crippen molar-refractivity contribution >= 4 is 0 Å². The predicted octanol–water partition coefficient (Wildman–Crippen LogP) is 0.720. The minimum absolute atomic E-state index is 0.541. The lowest BCUT2D eigenvalue weighted by atomic mass is 10.2. The molecular weight excluding hydrogens is 236 g/mol. The van der Waals surface area contributed by atoms with Crippen LogP contribution in [0.3, 0.4) is 0 Å². The normalized spacial score (nSPS) is 18.4. The maximum atomic E-state index is 4.17. The van der Waals surface area contributed by atoms with Gasteiger partial charge in [-0.15, -0.1) is 0 Å². The first-order valence-electron chi connectivity index (χ1n) is 7.47. The van der Waals surface area contributed by atoms with Crippen LogP contribution in [0.15, 0.2) is 12.2 Å². The van der Waals surface area contributed by atoms with Gasteiger partial charge in [-0.05, 0) is 19.7 Å². The van der Waals surface area contributed by atoms with Crippen LogP contribution in [0, 0.1) is 0 Å². The van der Waals surface area contributed by atoms with E-state index in [4.69, 9.17) is 0 Å². The molecule has 0 aromatic carbocycles. The van der Waals surface area contributed by atoms with Gasteiger partial charge in [-0.1, -0.05) is 20.4 Å². The molecule has 0 radical (unpaired) electrons. The van der Waals surface area contributed by atoms with E-state index < -0.39 is 0 Å². The highest BCUT2D eigenvalue weighted by molar-refractivity contribution is 5.00. The lowest BCUT2D eigenvalue weighted by Crippen LogP contribution is -2.48. The summed E-state index contributed by atoms with van der Waals surface area (Å²) in [5, 5.41) is 3.43. The Hall–Kier alpha value is -0.420. The summed E-state index contributed by atoms with van der Waals surface area (Å²) in [5.41, 5.74) is 1.30. The van der Waals surface area contributed by atoms with Crippen LogP contribution >= 0.6 is 0 Å². The van der Waals surface area contributed by atoms with Crippen molar-refractivity contribution < 1.29 is 0 Å². The molecule has 1 aliphatic heterocycles. The molecule has 0 atom stereocenters. The summed E-state index contributed by atoms with van der Waals surface area (Å²) in [6, 6.07) is 0.541. The fourth-order valence-corrected chi connectivity index (χ4v) is 2.23. The van der Waals surface area contributed by atoms with E-state index in [0.29, 0.717) is 6.04 Å². The van der Waals surface area contributed by atoms with E-state index in [1.54, 1.807) is 0 Å². The monoisotopic (exact) mass is 268 g/mol. The molecule has 19 heavy (non-hydrogen) atoms. The van der Waals surface area contributed by atoms with Crippen LogP contribution in [0.1, 0.15) is 13.8 Å². The highest BCUT2D eigenvalue weighted by Gasteiger charge is 2.16. The summed E-state index contributed by atoms with van der Waals surface area (Å²) >= 11 is 0. The molecule has 1 heterocycles. The van der Waals surface area contributed by atoms with Gasteiger partial charge < -0.3 is 10.2 Å². The Morgan fingerprint density at radius 1 is 1.16 bits per heavy atom. The van der Waals surface area contributed by atoms with Gasteiger partial charge in [0.25, 0.3) is 0 Å². The average Bonchev–Trinajstić information content (AvgIpc) is 2.35. The summed E-state index contributed by atoms with van der Waals surface area (Å²) in [7, 11) is 4.28. The van der Waals surface area contributed by atoms with Gasteiger partial charge in [0.2, 0.25) is 0 Å². The van der Waals surface area contributed by atoms with Gasteiger partial charge in [-0.25, -0.2) is 0 Å². The average molecular weight is 268 g/mol. The molecule has 1 fully saturated rings. The van der Waals surface area contributed by atoms with Gasteiger partial charge in [0.1, 0.15) is 0 Å². The third kappa shape index (κ3) is 7.67. The van der Waals surface area contributed by atoms with Crippen molar-refractivity contribution in [1.82, 2.24) is 20.0 Å². The fourth-order valence-electron chi connectivity index (χ4n) is 2.23. The molecule has 0 bridgehead atoms. The van der Waals surface area contributed by atoms with Gasteiger partial charge in [0, 0.05) is 58.4 Å². The van der Waals surface area contributed by atoms with E-state index in [-0.39, 0.29) is 0 Å². The Bertz CT molecular complexity index is 255. The quantitative estimate of drug-likeness (QED) is 0.655. The summed E-state index contributed by atoms with van der Waals surface area (Å²) < 4.78 is 0. The topological polar surface area (TPSA) is 21.8 Å². The van der Waals surface area contributed by atoms with Crippen molar-refractivity contribution in [2.75, 3.05) is 66.5 Å². The summed E-state index contributed by atoms with van der Waals surface area (Å²) in [4.78, 5) is 7.34. The predicted molar refractivity (Wildman–Crippen MR) is 83.7 cm³/mol. The van der Waals surface area contributed by atoms with Crippen LogP contribution in [-0.2, 0) is 0 Å². The number of rotatable bonds is 8. The molecule has 0 aromatic rings. The molecule has 0 aromatic heterocycles. The number of hydrogen-bond donors (Lipinski definition) is 1. The molecule has 112 valence electrons. The molecule has 0 aliphatic carbocycles. The number of nitrogens with one attached hydrogen (secondary N) is 1. The van der Waals surface area contributed by atoms with Crippen molar-refractivity contribution in [3.63, 3.8) is 0 Å². The van der Waals surface area contributed by atoms with Crippen LogP contribution in [-0.4, -0.2) is 87.2 Å². The second-order valence-corrected chi connectivity index (χ2v) is 6.21. The Morgan fingerprint density at radius 2 is 1.74 bits per heavy atom. The van der Waals surface area contributed by atoms with Crippen LogP contribution < -0.4 is 5.32 Å². The molecule has 0 saturated carbocycles. The molecule has 4 nitrogen and oxygen atoms in total. The maximum absolute atomic E-state index is 4.17. The lowest BCUT2D eigenvalue weighted by Gasteiger charge is -2.35. The van der Waals surface area contributed by atoms with Crippen molar-refractivity contribution in [3.05, 3.63) is 12.2 Å². The van der Waals surface area contributed by atoms with Crippen molar-refractivity contribution in [3.8, 4) is 0 Å². The van der Waals surface area contributed by atoms with E-state index >= 15 is 0 Å². The highest BCUT2D eigenvalue weighted by Crippen LogP contribution is 2.04. The van der Waals surface area contributed by atoms with E-state index in [9.17, 15) is 0 Å². The Morgan fingerprint density at radius 3 is 2.26 bits per heavy atom. The number of hydrogen-bond acceptors (Lipinski definition) is 4. The third-order valence-electron chi connectivity index (χ3n) is 3.54. The van der Waals surface area contributed by atoms with E-state index in [0.717, 1.165) is 19.6 Å². The summed E-state index contributed by atoms with van der Waals surface area (Å²) in [6.07, 6.45) is 0. The van der Waals surface area contributed by atoms with E-state index in [1.165, 1.54) is 38.3 Å². The smallest absolute Gasteiger partial charge is 0.0203 e. The second-order valence-electron chi connectivity index (χ2n) is 6.21. The minimum atomic E-state index is 0.541.